The average Bonchev–Trinajstić information content (AvgIpc) is 2.43. The molecule has 0 saturated carbocycles. The maximum atomic E-state index is 12.2. The molecule has 6 nitrogen and oxygen atoms in total. The number of ether oxygens (including phenoxy) is 1. The molecule has 0 bridgehead atoms. The summed E-state index contributed by atoms with van der Waals surface area (Å²) >= 11 is 6.04. The highest BCUT2D eigenvalue weighted by Gasteiger charge is 2.25. The van der Waals surface area contributed by atoms with Gasteiger partial charge in [0.2, 0.25) is 15.9 Å². The van der Waals surface area contributed by atoms with E-state index in [1.807, 2.05) is 20.8 Å². The number of amides is 1. The molecular weight excluding hydrogens is 340 g/mol. The molecule has 1 N–H and O–H groups in total. The van der Waals surface area contributed by atoms with Gasteiger partial charge in [-0.1, -0.05) is 18.5 Å². The van der Waals surface area contributed by atoms with E-state index in [1.165, 1.54) is 13.2 Å². The predicted molar refractivity (Wildman–Crippen MR) is 92.7 cm³/mol. The Balaban J connectivity index is 3.08. The van der Waals surface area contributed by atoms with E-state index in [1.54, 1.807) is 12.1 Å². The Kier molecular flexibility index (Phi) is 6.30. The summed E-state index contributed by atoms with van der Waals surface area (Å²) < 4.78 is 30.1. The second-order valence-corrected chi connectivity index (χ2v) is 8.19. The van der Waals surface area contributed by atoms with E-state index in [-0.39, 0.29) is 17.5 Å². The molecule has 0 heterocycles. The van der Waals surface area contributed by atoms with Gasteiger partial charge < -0.3 is 10.1 Å². The van der Waals surface area contributed by atoms with Crippen molar-refractivity contribution in [1.29, 1.82) is 0 Å². The molecule has 23 heavy (non-hydrogen) atoms. The number of carbonyl (C=O) groups is 1. The van der Waals surface area contributed by atoms with Gasteiger partial charge in [0.1, 0.15) is 12.3 Å². The van der Waals surface area contributed by atoms with Gasteiger partial charge >= 0.3 is 0 Å². The van der Waals surface area contributed by atoms with Gasteiger partial charge in [-0.05, 0) is 38.5 Å². The molecule has 0 aliphatic heterocycles. The number of nitrogens with zero attached hydrogens (tertiary/aromatic N) is 1. The summed E-state index contributed by atoms with van der Waals surface area (Å²) in [5, 5.41) is 3.08. The minimum absolute atomic E-state index is 0.271. The topological polar surface area (TPSA) is 75.7 Å². The molecule has 8 heteroatoms. The number of rotatable bonds is 7. The number of nitrogens with one attached hydrogen (secondary N) is 1. The quantitative estimate of drug-likeness (QED) is 0.808. The maximum Gasteiger partial charge on any atom is 0.241 e. The van der Waals surface area contributed by atoms with Gasteiger partial charge in [-0.2, -0.15) is 0 Å². The van der Waals surface area contributed by atoms with Crippen LogP contribution in [0.15, 0.2) is 18.2 Å². The third kappa shape index (κ3) is 5.58. The van der Waals surface area contributed by atoms with Crippen LogP contribution in [0.4, 0.5) is 5.69 Å². The van der Waals surface area contributed by atoms with Crippen LogP contribution in [0, 0.1) is 0 Å². The van der Waals surface area contributed by atoms with E-state index >= 15 is 0 Å². The summed E-state index contributed by atoms with van der Waals surface area (Å²) in [6, 6.07) is 4.56. The largest absolute Gasteiger partial charge is 0.495 e. The van der Waals surface area contributed by atoms with Crippen molar-refractivity contribution in [1.82, 2.24) is 5.32 Å². The molecule has 0 atom stereocenters. The Labute approximate surface area is 142 Å². The van der Waals surface area contributed by atoms with Gasteiger partial charge in [-0.3, -0.25) is 9.10 Å². The number of hydrogen-bond donors (Lipinski definition) is 1. The normalized spacial score (nSPS) is 11.9. The summed E-state index contributed by atoms with van der Waals surface area (Å²) in [4.78, 5) is 12.2. The first kappa shape index (κ1) is 19.6. The first-order valence-corrected chi connectivity index (χ1v) is 9.35. The Morgan fingerprint density at radius 1 is 1.39 bits per heavy atom. The van der Waals surface area contributed by atoms with E-state index in [0.717, 1.165) is 17.0 Å². The zero-order valence-electron chi connectivity index (χ0n) is 14.0. The Morgan fingerprint density at radius 2 is 2.00 bits per heavy atom. The van der Waals surface area contributed by atoms with Crippen LogP contribution < -0.4 is 14.4 Å². The van der Waals surface area contributed by atoms with Crippen molar-refractivity contribution in [2.75, 3.05) is 24.2 Å². The van der Waals surface area contributed by atoms with Crippen molar-refractivity contribution >= 4 is 33.2 Å². The third-order valence-electron chi connectivity index (χ3n) is 3.47. The molecule has 0 fully saturated rings. The fourth-order valence-electron chi connectivity index (χ4n) is 1.85. The van der Waals surface area contributed by atoms with Gasteiger partial charge in [0.25, 0.3) is 0 Å². The van der Waals surface area contributed by atoms with Crippen LogP contribution in [-0.4, -0.2) is 39.8 Å². The second-order valence-electron chi connectivity index (χ2n) is 5.87. The standard InChI is InChI=1S/C15H23ClN2O4S/c1-6-15(2,3)17-14(19)10-18(23(5,20)21)11-7-8-13(22-4)12(16)9-11/h7-9H,6,10H2,1-5H3,(H,17,19). The Hall–Kier alpha value is -1.47. The number of halogens is 1. The molecule has 0 aliphatic rings. The Bertz CT molecular complexity index is 674. The van der Waals surface area contributed by atoms with E-state index in [9.17, 15) is 13.2 Å². The van der Waals surface area contributed by atoms with E-state index in [0.29, 0.717) is 11.4 Å². The highest BCUT2D eigenvalue weighted by molar-refractivity contribution is 7.92. The van der Waals surface area contributed by atoms with E-state index < -0.39 is 15.6 Å². The van der Waals surface area contributed by atoms with Crippen LogP contribution in [0.25, 0.3) is 0 Å². The third-order valence-corrected chi connectivity index (χ3v) is 4.91. The van der Waals surface area contributed by atoms with Crippen LogP contribution in [-0.2, 0) is 14.8 Å². The van der Waals surface area contributed by atoms with Crippen molar-refractivity contribution in [3.63, 3.8) is 0 Å². The molecule has 0 unspecified atom stereocenters. The molecule has 1 aromatic carbocycles. The first-order chi connectivity index (χ1) is 10.5. The van der Waals surface area contributed by atoms with Crippen molar-refractivity contribution in [2.24, 2.45) is 0 Å². The van der Waals surface area contributed by atoms with Crippen LogP contribution in [0.2, 0.25) is 5.02 Å². The van der Waals surface area contributed by atoms with Gasteiger partial charge in [0.15, 0.2) is 0 Å². The number of methoxy groups -OCH3 is 1. The van der Waals surface area contributed by atoms with Crippen molar-refractivity contribution in [2.45, 2.75) is 32.7 Å². The lowest BCUT2D eigenvalue weighted by Crippen LogP contribution is -2.48. The van der Waals surface area contributed by atoms with Crippen LogP contribution in [0.3, 0.4) is 0 Å². The zero-order valence-corrected chi connectivity index (χ0v) is 15.6. The molecule has 1 rings (SSSR count). The molecule has 0 aromatic heterocycles. The summed E-state index contributed by atoms with van der Waals surface area (Å²) in [6.07, 6.45) is 1.77. The summed E-state index contributed by atoms with van der Waals surface area (Å²) in [7, 11) is -2.17. The molecule has 0 aliphatic carbocycles. The number of hydrogen-bond acceptors (Lipinski definition) is 4. The van der Waals surface area contributed by atoms with Gasteiger partial charge in [0.05, 0.1) is 24.1 Å². The SMILES string of the molecule is CCC(C)(C)NC(=O)CN(c1ccc(OC)c(Cl)c1)S(C)(=O)=O. The Morgan fingerprint density at radius 3 is 2.43 bits per heavy atom. The highest BCUT2D eigenvalue weighted by atomic mass is 35.5. The average molecular weight is 363 g/mol. The zero-order chi connectivity index (χ0) is 17.8. The minimum atomic E-state index is -3.64. The number of benzene rings is 1. The summed E-state index contributed by atoms with van der Waals surface area (Å²) in [5.41, 5.74) is -0.0968. The molecule has 130 valence electrons. The molecule has 1 aromatic rings. The number of carbonyl (C=O) groups excluding carboxylic acids is 1. The van der Waals surface area contributed by atoms with Gasteiger partial charge in [0, 0.05) is 5.54 Å². The molecule has 1 amide bonds. The monoisotopic (exact) mass is 362 g/mol. The first-order valence-electron chi connectivity index (χ1n) is 7.12. The van der Waals surface area contributed by atoms with E-state index in [2.05, 4.69) is 5.32 Å². The number of anilines is 1. The van der Waals surface area contributed by atoms with Crippen molar-refractivity contribution in [3.05, 3.63) is 23.2 Å². The van der Waals surface area contributed by atoms with Gasteiger partial charge in [-0.25, -0.2) is 8.42 Å². The smallest absolute Gasteiger partial charge is 0.241 e. The van der Waals surface area contributed by atoms with Crippen LogP contribution >= 0.6 is 11.6 Å². The molecule has 0 spiro atoms. The highest BCUT2D eigenvalue weighted by Crippen LogP contribution is 2.30. The lowest BCUT2D eigenvalue weighted by Gasteiger charge is -2.27. The molecular formula is C15H23ClN2O4S. The van der Waals surface area contributed by atoms with Crippen LogP contribution in [0.5, 0.6) is 5.75 Å². The summed E-state index contributed by atoms with van der Waals surface area (Å²) in [5.74, 6) is 0.0506. The maximum absolute atomic E-state index is 12.2. The molecule has 0 saturated heterocycles. The van der Waals surface area contributed by atoms with Gasteiger partial charge in [-0.15, -0.1) is 0 Å². The van der Waals surface area contributed by atoms with Crippen molar-refractivity contribution in [3.8, 4) is 5.75 Å². The summed E-state index contributed by atoms with van der Waals surface area (Å²) in [6.45, 7) is 5.38. The second kappa shape index (κ2) is 7.40. The fourth-order valence-corrected chi connectivity index (χ4v) is 2.95. The fraction of sp³-hybridized carbons (Fsp3) is 0.533. The van der Waals surface area contributed by atoms with Crippen LogP contribution in [0.1, 0.15) is 27.2 Å². The van der Waals surface area contributed by atoms with E-state index in [4.69, 9.17) is 16.3 Å². The minimum Gasteiger partial charge on any atom is -0.495 e. The molecule has 0 radical (unpaired) electrons. The van der Waals surface area contributed by atoms with Crippen molar-refractivity contribution < 1.29 is 17.9 Å². The number of sulfonamides is 1. The predicted octanol–water partition coefficient (Wildman–Crippen LogP) is 2.42. The lowest BCUT2D eigenvalue weighted by atomic mass is 10.0. The lowest BCUT2D eigenvalue weighted by molar-refractivity contribution is -0.121.